The van der Waals surface area contributed by atoms with Crippen LogP contribution in [0.3, 0.4) is 0 Å². The maximum atomic E-state index is 12.9. The SMILES string of the molecule is CC/C=C\C/C=C\C/C=C\C/C=C\C/C=C\CCCCCCCCCC(=O)OCC(COC(=O)CCCCCCCCCC)OC(=O)CCCCCCCCCCCCCCCCCCCCCCC. The van der Waals surface area contributed by atoms with Gasteiger partial charge < -0.3 is 14.2 Å². The van der Waals surface area contributed by atoms with E-state index in [1.54, 1.807) is 0 Å². The minimum absolute atomic E-state index is 0.0741. The Bertz CT molecular complexity index is 1260. The van der Waals surface area contributed by atoms with Gasteiger partial charge in [0.1, 0.15) is 13.2 Å². The van der Waals surface area contributed by atoms with Gasteiger partial charge in [-0.3, -0.25) is 14.4 Å². The lowest BCUT2D eigenvalue weighted by Crippen LogP contribution is -2.30. The predicted octanol–water partition coefficient (Wildman–Crippen LogP) is 20.4. The maximum absolute atomic E-state index is 12.9. The lowest BCUT2D eigenvalue weighted by Gasteiger charge is -2.18. The fourth-order valence-corrected chi connectivity index (χ4v) is 8.77. The normalized spacial score (nSPS) is 12.4. The molecule has 0 amide bonds. The third kappa shape index (κ3) is 56.0. The van der Waals surface area contributed by atoms with E-state index in [0.29, 0.717) is 19.3 Å². The highest BCUT2D eigenvalue weighted by atomic mass is 16.6. The Hall–Kier alpha value is -2.89. The molecular weight excluding hydrogens is 865 g/mol. The molecule has 0 aromatic heterocycles. The summed E-state index contributed by atoms with van der Waals surface area (Å²) >= 11 is 0. The molecule has 0 radical (unpaired) electrons. The molecular formula is C64H114O6. The van der Waals surface area contributed by atoms with Gasteiger partial charge in [-0.1, -0.05) is 287 Å². The summed E-state index contributed by atoms with van der Waals surface area (Å²) in [5, 5.41) is 0. The zero-order chi connectivity index (χ0) is 50.7. The van der Waals surface area contributed by atoms with Gasteiger partial charge in [-0.25, -0.2) is 0 Å². The zero-order valence-corrected chi connectivity index (χ0v) is 46.5. The topological polar surface area (TPSA) is 78.9 Å². The van der Waals surface area contributed by atoms with Crippen molar-refractivity contribution in [2.24, 2.45) is 0 Å². The Morgan fingerprint density at radius 1 is 0.300 bits per heavy atom. The van der Waals surface area contributed by atoms with Crippen LogP contribution in [0.25, 0.3) is 0 Å². The molecule has 0 aromatic rings. The molecule has 0 heterocycles. The fraction of sp³-hybridized carbons (Fsp3) is 0.797. The third-order valence-corrected chi connectivity index (χ3v) is 13.3. The Kier molecular flexibility index (Phi) is 56.3. The molecule has 0 spiro atoms. The number of hydrogen-bond acceptors (Lipinski definition) is 6. The number of rotatable bonds is 55. The van der Waals surface area contributed by atoms with Crippen LogP contribution in [0.1, 0.15) is 310 Å². The minimum Gasteiger partial charge on any atom is -0.462 e. The van der Waals surface area contributed by atoms with Crippen LogP contribution in [-0.4, -0.2) is 37.2 Å². The van der Waals surface area contributed by atoms with Gasteiger partial charge in [0.25, 0.3) is 0 Å². The summed E-state index contributed by atoms with van der Waals surface area (Å²) in [6.45, 7) is 6.53. The van der Waals surface area contributed by atoms with Crippen LogP contribution < -0.4 is 0 Å². The number of carbonyl (C=O) groups is 3. The lowest BCUT2D eigenvalue weighted by molar-refractivity contribution is -0.167. The molecule has 1 unspecified atom stereocenters. The summed E-state index contributed by atoms with van der Waals surface area (Å²) in [7, 11) is 0. The van der Waals surface area contributed by atoms with Crippen LogP contribution in [0.5, 0.6) is 0 Å². The molecule has 0 fully saturated rings. The summed E-state index contributed by atoms with van der Waals surface area (Å²) in [5.41, 5.74) is 0. The quantitative estimate of drug-likeness (QED) is 0.0261. The average molecular weight is 980 g/mol. The average Bonchev–Trinajstić information content (AvgIpc) is 3.36. The van der Waals surface area contributed by atoms with Crippen molar-refractivity contribution in [3.8, 4) is 0 Å². The number of allylic oxidation sites excluding steroid dienone is 10. The van der Waals surface area contributed by atoms with Gasteiger partial charge in [0, 0.05) is 19.3 Å². The summed E-state index contributed by atoms with van der Waals surface area (Å²) in [6.07, 6.45) is 73.8. The summed E-state index contributed by atoms with van der Waals surface area (Å²) < 4.78 is 16.8. The summed E-state index contributed by atoms with van der Waals surface area (Å²) in [5.74, 6) is -0.875. The highest BCUT2D eigenvalue weighted by molar-refractivity contribution is 5.71. The first-order valence-corrected chi connectivity index (χ1v) is 30.3. The van der Waals surface area contributed by atoms with Crippen molar-refractivity contribution in [3.05, 3.63) is 60.8 Å². The molecule has 0 N–H and O–H groups in total. The molecule has 0 bridgehead atoms. The van der Waals surface area contributed by atoms with Crippen molar-refractivity contribution in [3.63, 3.8) is 0 Å². The number of unbranched alkanes of at least 4 members (excludes halogenated alkanes) is 34. The second kappa shape index (κ2) is 58.7. The van der Waals surface area contributed by atoms with Crippen LogP contribution in [0, 0.1) is 0 Å². The first-order chi connectivity index (χ1) is 34.5. The molecule has 0 aliphatic rings. The van der Waals surface area contributed by atoms with E-state index in [1.807, 2.05) is 0 Å². The molecule has 1 atom stereocenters. The molecule has 0 aliphatic heterocycles. The monoisotopic (exact) mass is 979 g/mol. The largest absolute Gasteiger partial charge is 0.462 e. The van der Waals surface area contributed by atoms with Crippen molar-refractivity contribution < 1.29 is 28.6 Å². The summed E-state index contributed by atoms with van der Waals surface area (Å²) in [6, 6.07) is 0. The Balaban J connectivity index is 4.21. The Labute approximate surface area is 434 Å². The Morgan fingerprint density at radius 3 is 0.871 bits per heavy atom. The fourth-order valence-electron chi connectivity index (χ4n) is 8.77. The van der Waals surface area contributed by atoms with E-state index in [0.717, 1.165) is 96.3 Å². The van der Waals surface area contributed by atoms with E-state index < -0.39 is 6.10 Å². The van der Waals surface area contributed by atoms with Crippen LogP contribution in [0.2, 0.25) is 0 Å². The van der Waals surface area contributed by atoms with E-state index in [9.17, 15) is 14.4 Å². The van der Waals surface area contributed by atoms with Gasteiger partial charge in [-0.05, 0) is 64.2 Å². The first-order valence-electron chi connectivity index (χ1n) is 30.3. The third-order valence-electron chi connectivity index (χ3n) is 13.3. The molecule has 6 heteroatoms. The van der Waals surface area contributed by atoms with Crippen molar-refractivity contribution in [2.75, 3.05) is 13.2 Å². The molecule has 6 nitrogen and oxygen atoms in total. The van der Waals surface area contributed by atoms with E-state index >= 15 is 0 Å². The molecule has 70 heavy (non-hydrogen) atoms. The van der Waals surface area contributed by atoms with Crippen molar-refractivity contribution >= 4 is 17.9 Å². The molecule has 0 saturated heterocycles. The van der Waals surface area contributed by atoms with E-state index in [4.69, 9.17) is 14.2 Å². The minimum atomic E-state index is -0.775. The van der Waals surface area contributed by atoms with Crippen molar-refractivity contribution in [1.82, 2.24) is 0 Å². The van der Waals surface area contributed by atoms with Crippen LogP contribution in [0.15, 0.2) is 60.8 Å². The van der Waals surface area contributed by atoms with Crippen molar-refractivity contribution in [1.29, 1.82) is 0 Å². The van der Waals surface area contributed by atoms with Gasteiger partial charge in [0.05, 0.1) is 0 Å². The van der Waals surface area contributed by atoms with Gasteiger partial charge in [0.2, 0.25) is 0 Å². The predicted molar refractivity (Wildman–Crippen MR) is 302 cm³/mol. The number of hydrogen-bond donors (Lipinski definition) is 0. The van der Waals surface area contributed by atoms with Gasteiger partial charge >= 0.3 is 17.9 Å². The summed E-state index contributed by atoms with van der Waals surface area (Å²) in [4.78, 5) is 38.1. The number of esters is 3. The highest BCUT2D eigenvalue weighted by Crippen LogP contribution is 2.17. The second-order valence-electron chi connectivity index (χ2n) is 20.2. The number of ether oxygens (including phenoxy) is 3. The van der Waals surface area contributed by atoms with Gasteiger partial charge in [0.15, 0.2) is 6.10 Å². The zero-order valence-electron chi connectivity index (χ0n) is 46.5. The molecule has 406 valence electrons. The van der Waals surface area contributed by atoms with E-state index in [1.165, 1.54) is 173 Å². The smallest absolute Gasteiger partial charge is 0.306 e. The van der Waals surface area contributed by atoms with Crippen molar-refractivity contribution in [2.45, 2.75) is 316 Å². The van der Waals surface area contributed by atoms with Gasteiger partial charge in [-0.15, -0.1) is 0 Å². The van der Waals surface area contributed by atoms with E-state index in [2.05, 4.69) is 81.5 Å². The highest BCUT2D eigenvalue weighted by Gasteiger charge is 2.19. The van der Waals surface area contributed by atoms with Crippen LogP contribution in [0.4, 0.5) is 0 Å². The second-order valence-corrected chi connectivity index (χ2v) is 20.2. The lowest BCUT2D eigenvalue weighted by atomic mass is 10.0. The molecule has 0 aliphatic carbocycles. The molecule has 0 saturated carbocycles. The van der Waals surface area contributed by atoms with Gasteiger partial charge in [-0.2, -0.15) is 0 Å². The maximum Gasteiger partial charge on any atom is 0.306 e. The first kappa shape index (κ1) is 67.1. The standard InChI is InChI=1S/C64H114O6/c1-4-7-10-13-16-19-21-23-25-27-29-31-32-34-35-37-39-41-43-45-48-51-54-57-63(66)69-60-61(59-68-62(65)56-53-50-47-18-15-12-9-6-3)70-64(67)58-55-52-49-46-44-42-40-38-36-33-30-28-26-24-22-20-17-14-11-8-5-2/h7,10,16,19,23,25,29,31,34-35,61H,4-6,8-9,11-15,17-18,20-22,24,26-28,30,32-33,36-60H2,1-3H3/b10-7-,19-16-,25-23-,31-29-,35-34-. The van der Waals surface area contributed by atoms with E-state index in [-0.39, 0.29) is 31.1 Å². The van der Waals surface area contributed by atoms with Crippen LogP contribution >= 0.6 is 0 Å². The molecule has 0 aromatic carbocycles. The molecule has 0 rings (SSSR count). The van der Waals surface area contributed by atoms with Crippen LogP contribution in [-0.2, 0) is 28.6 Å². The Morgan fingerprint density at radius 2 is 0.557 bits per heavy atom. The number of carbonyl (C=O) groups excluding carboxylic acids is 3.